The number of anilines is 2. The summed E-state index contributed by atoms with van der Waals surface area (Å²) in [7, 11) is 1.67. The van der Waals surface area contributed by atoms with Crippen LogP contribution in [-0.2, 0) is 0 Å². The lowest BCUT2D eigenvalue weighted by Gasteiger charge is -2.07. The average Bonchev–Trinajstić information content (AvgIpc) is 3.09. The Hall–Kier alpha value is -2.18. The molecule has 0 atom stereocenters. The fourth-order valence-electron chi connectivity index (χ4n) is 2.40. The molecule has 2 heterocycles. The van der Waals surface area contributed by atoms with Gasteiger partial charge in [0.2, 0.25) is 0 Å². The highest BCUT2D eigenvalue weighted by atomic mass is 32.1. The van der Waals surface area contributed by atoms with Crippen molar-refractivity contribution in [3.8, 4) is 5.75 Å². The third-order valence-corrected chi connectivity index (χ3v) is 5.30. The standard InChI is InChI=1S/C16H13N3OS2/c1-9-17-11-7-8-13-14(15(11)21-9)19-16(22-13)18-10-5-3-4-6-12(10)20-2/h3-8H,1-2H3,(H,18,19). The van der Waals surface area contributed by atoms with Crippen molar-refractivity contribution in [3.63, 3.8) is 0 Å². The Bertz CT molecular complexity index is 974. The van der Waals surface area contributed by atoms with Crippen LogP contribution in [0.5, 0.6) is 5.75 Å². The monoisotopic (exact) mass is 327 g/mol. The molecule has 22 heavy (non-hydrogen) atoms. The normalized spacial score (nSPS) is 11.2. The molecule has 0 bridgehead atoms. The number of methoxy groups -OCH3 is 1. The van der Waals surface area contributed by atoms with Crippen molar-refractivity contribution in [1.29, 1.82) is 0 Å². The molecule has 1 N–H and O–H groups in total. The topological polar surface area (TPSA) is 47.0 Å². The molecule has 4 nitrogen and oxygen atoms in total. The molecular formula is C16H13N3OS2. The Morgan fingerprint density at radius 3 is 2.77 bits per heavy atom. The van der Waals surface area contributed by atoms with Crippen molar-refractivity contribution in [2.24, 2.45) is 0 Å². The molecule has 0 radical (unpaired) electrons. The lowest BCUT2D eigenvalue weighted by molar-refractivity contribution is 0.417. The molecule has 0 amide bonds. The Kier molecular flexibility index (Phi) is 3.20. The molecule has 0 fully saturated rings. The van der Waals surface area contributed by atoms with Gasteiger partial charge in [0.05, 0.1) is 32.7 Å². The molecule has 0 spiro atoms. The van der Waals surface area contributed by atoms with E-state index in [-0.39, 0.29) is 0 Å². The van der Waals surface area contributed by atoms with Crippen LogP contribution in [0.4, 0.5) is 10.8 Å². The second kappa shape index (κ2) is 5.23. The number of thiazole rings is 2. The van der Waals surface area contributed by atoms with Crippen molar-refractivity contribution >= 4 is 53.9 Å². The predicted molar refractivity (Wildman–Crippen MR) is 93.8 cm³/mol. The number of aryl methyl sites for hydroxylation is 1. The third kappa shape index (κ3) is 2.20. The summed E-state index contributed by atoms with van der Waals surface area (Å²) in [6.07, 6.45) is 0. The van der Waals surface area contributed by atoms with Gasteiger partial charge in [-0.15, -0.1) is 11.3 Å². The van der Waals surface area contributed by atoms with E-state index in [0.29, 0.717) is 0 Å². The minimum absolute atomic E-state index is 0.806. The zero-order chi connectivity index (χ0) is 15.1. The van der Waals surface area contributed by atoms with Gasteiger partial charge in [0.15, 0.2) is 5.13 Å². The number of rotatable bonds is 3. The molecule has 0 unspecified atom stereocenters. The van der Waals surface area contributed by atoms with Crippen LogP contribution in [0.25, 0.3) is 20.4 Å². The highest BCUT2D eigenvalue weighted by Gasteiger charge is 2.12. The van der Waals surface area contributed by atoms with E-state index in [1.807, 2.05) is 31.2 Å². The maximum Gasteiger partial charge on any atom is 0.188 e. The van der Waals surface area contributed by atoms with Crippen molar-refractivity contribution < 1.29 is 4.74 Å². The number of nitrogens with one attached hydrogen (secondary N) is 1. The van der Waals surface area contributed by atoms with Crippen LogP contribution >= 0.6 is 22.7 Å². The van der Waals surface area contributed by atoms with Crippen LogP contribution in [0, 0.1) is 6.92 Å². The predicted octanol–water partition coefficient (Wildman–Crippen LogP) is 4.97. The molecule has 110 valence electrons. The van der Waals surface area contributed by atoms with E-state index in [1.54, 1.807) is 29.8 Å². The minimum atomic E-state index is 0.806. The van der Waals surface area contributed by atoms with Gasteiger partial charge in [0.25, 0.3) is 0 Å². The van der Waals surface area contributed by atoms with E-state index in [0.717, 1.165) is 42.0 Å². The number of aromatic nitrogens is 2. The summed E-state index contributed by atoms with van der Waals surface area (Å²) in [5, 5.41) is 5.27. The van der Waals surface area contributed by atoms with Crippen LogP contribution in [0.15, 0.2) is 36.4 Å². The van der Waals surface area contributed by atoms with Crippen molar-refractivity contribution in [2.45, 2.75) is 6.92 Å². The van der Waals surface area contributed by atoms with Gasteiger partial charge in [0, 0.05) is 0 Å². The first-order chi connectivity index (χ1) is 10.7. The number of benzene rings is 2. The van der Waals surface area contributed by atoms with Crippen molar-refractivity contribution in [3.05, 3.63) is 41.4 Å². The van der Waals surface area contributed by atoms with Gasteiger partial charge in [-0.1, -0.05) is 23.5 Å². The van der Waals surface area contributed by atoms with Gasteiger partial charge in [-0.3, -0.25) is 0 Å². The Labute approximate surface area is 135 Å². The Morgan fingerprint density at radius 2 is 1.91 bits per heavy atom. The summed E-state index contributed by atoms with van der Waals surface area (Å²) in [6.45, 7) is 2.02. The van der Waals surface area contributed by atoms with Gasteiger partial charge in [0.1, 0.15) is 11.3 Å². The summed E-state index contributed by atoms with van der Waals surface area (Å²) >= 11 is 3.33. The van der Waals surface area contributed by atoms with Crippen LogP contribution < -0.4 is 10.1 Å². The summed E-state index contributed by atoms with van der Waals surface area (Å²) < 4.78 is 7.68. The lowest BCUT2D eigenvalue weighted by Crippen LogP contribution is -1.93. The number of hydrogen-bond donors (Lipinski definition) is 1. The SMILES string of the molecule is COc1ccccc1Nc1nc2c(ccc3nc(C)sc32)s1. The maximum atomic E-state index is 5.37. The first kappa shape index (κ1) is 13.5. The van der Waals surface area contributed by atoms with Gasteiger partial charge in [-0.05, 0) is 31.2 Å². The number of fused-ring (bicyclic) bond motifs is 3. The molecule has 6 heteroatoms. The summed E-state index contributed by atoms with van der Waals surface area (Å²) in [5.74, 6) is 0.806. The summed E-state index contributed by atoms with van der Waals surface area (Å²) in [5.41, 5.74) is 2.95. The molecule has 0 aliphatic carbocycles. The fraction of sp³-hybridized carbons (Fsp3) is 0.125. The van der Waals surface area contributed by atoms with E-state index < -0.39 is 0 Å². The van der Waals surface area contributed by atoms with Gasteiger partial charge < -0.3 is 10.1 Å². The van der Waals surface area contributed by atoms with Gasteiger partial charge >= 0.3 is 0 Å². The van der Waals surface area contributed by atoms with Crippen LogP contribution in [0.1, 0.15) is 5.01 Å². The average molecular weight is 327 g/mol. The van der Waals surface area contributed by atoms with Crippen molar-refractivity contribution in [2.75, 3.05) is 12.4 Å². The zero-order valence-electron chi connectivity index (χ0n) is 12.1. The van der Waals surface area contributed by atoms with E-state index in [2.05, 4.69) is 22.4 Å². The van der Waals surface area contributed by atoms with E-state index >= 15 is 0 Å². The smallest absolute Gasteiger partial charge is 0.188 e. The summed E-state index contributed by atoms with van der Waals surface area (Å²) in [6, 6.07) is 12.0. The van der Waals surface area contributed by atoms with Gasteiger partial charge in [-0.2, -0.15) is 0 Å². The van der Waals surface area contributed by atoms with E-state index in [4.69, 9.17) is 9.72 Å². The van der Waals surface area contributed by atoms with Crippen LogP contribution in [-0.4, -0.2) is 17.1 Å². The highest BCUT2D eigenvalue weighted by Crippen LogP contribution is 2.36. The second-order valence-corrected chi connectivity index (χ2v) is 7.07. The first-order valence-corrected chi connectivity index (χ1v) is 8.44. The molecule has 4 rings (SSSR count). The number of hydrogen-bond acceptors (Lipinski definition) is 6. The second-order valence-electron chi connectivity index (χ2n) is 4.84. The molecular weight excluding hydrogens is 314 g/mol. The van der Waals surface area contributed by atoms with Crippen molar-refractivity contribution in [1.82, 2.24) is 9.97 Å². The maximum absolute atomic E-state index is 5.37. The van der Waals surface area contributed by atoms with Gasteiger partial charge in [-0.25, -0.2) is 9.97 Å². The third-order valence-electron chi connectivity index (χ3n) is 3.37. The zero-order valence-corrected chi connectivity index (χ0v) is 13.7. The minimum Gasteiger partial charge on any atom is -0.495 e. The molecule has 0 aliphatic heterocycles. The molecule has 0 saturated heterocycles. The molecule has 4 aromatic rings. The largest absolute Gasteiger partial charge is 0.495 e. The van der Waals surface area contributed by atoms with E-state index in [1.165, 1.54) is 0 Å². The molecule has 0 aliphatic rings. The quantitative estimate of drug-likeness (QED) is 0.577. The van der Waals surface area contributed by atoms with Crippen LogP contribution in [0.2, 0.25) is 0 Å². The molecule has 0 saturated carbocycles. The Morgan fingerprint density at radius 1 is 1.05 bits per heavy atom. The number of nitrogens with zero attached hydrogens (tertiary/aromatic N) is 2. The number of ether oxygens (including phenoxy) is 1. The molecule has 2 aromatic heterocycles. The van der Waals surface area contributed by atoms with E-state index in [9.17, 15) is 0 Å². The summed E-state index contributed by atoms with van der Waals surface area (Å²) in [4.78, 5) is 9.27. The molecule has 2 aromatic carbocycles. The number of para-hydroxylation sites is 2. The fourth-order valence-corrected chi connectivity index (χ4v) is 4.27. The Balaban J connectivity index is 1.81. The van der Waals surface area contributed by atoms with Crippen LogP contribution in [0.3, 0.4) is 0 Å². The lowest BCUT2D eigenvalue weighted by atomic mass is 10.3. The highest BCUT2D eigenvalue weighted by molar-refractivity contribution is 7.24. The first-order valence-electron chi connectivity index (χ1n) is 6.81.